The second-order valence-electron chi connectivity index (χ2n) is 2.80. The highest BCUT2D eigenvalue weighted by Gasteiger charge is 2.34. The Balaban J connectivity index is 3.33. The van der Waals surface area contributed by atoms with Gasteiger partial charge in [0, 0.05) is 5.56 Å². The first-order valence-corrected chi connectivity index (χ1v) is 4.74. The van der Waals surface area contributed by atoms with Crippen LogP contribution in [0.4, 0.5) is 13.2 Å². The van der Waals surface area contributed by atoms with Crippen LogP contribution in [0.3, 0.4) is 0 Å². The van der Waals surface area contributed by atoms with E-state index in [9.17, 15) is 13.2 Å². The van der Waals surface area contributed by atoms with Crippen molar-refractivity contribution in [3.63, 3.8) is 0 Å². The third kappa shape index (κ3) is 2.96. The number of pyridine rings is 1. The van der Waals surface area contributed by atoms with E-state index in [1.165, 1.54) is 0 Å². The van der Waals surface area contributed by atoms with Gasteiger partial charge in [-0.15, -0.1) is 0 Å². The van der Waals surface area contributed by atoms with E-state index >= 15 is 0 Å². The van der Waals surface area contributed by atoms with Gasteiger partial charge in [0.2, 0.25) is 0 Å². The first-order valence-electron chi connectivity index (χ1n) is 3.98. The van der Waals surface area contributed by atoms with E-state index in [1.807, 2.05) is 0 Å². The summed E-state index contributed by atoms with van der Waals surface area (Å²) in [5.41, 5.74) is 4.20. The molecule has 0 saturated carbocycles. The predicted octanol–water partition coefficient (Wildman–Crippen LogP) is 2.91. The van der Waals surface area contributed by atoms with Crippen molar-refractivity contribution in [3.05, 3.63) is 27.5 Å². The van der Waals surface area contributed by atoms with Crippen LogP contribution in [-0.2, 0) is 12.6 Å². The molecule has 7 heteroatoms. The van der Waals surface area contributed by atoms with Gasteiger partial charge in [0.25, 0.3) is 0 Å². The number of aromatic nitrogens is 1. The van der Waals surface area contributed by atoms with Crippen LogP contribution in [0.2, 0.25) is 10.3 Å². The topological polar surface area (TPSA) is 38.9 Å². The van der Waals surface area contributed by atoms with Crippen molar-refractivity contribution in [2.24, 2.45) is 5.73 Å². The van der Waals surface area contributed by atoms with Gasteiger partial charge < -0.3 is 5.73 Å². The number of nitrogens with zero attached hydrogens (tertiary/aromatic N) is 1. The Hall–Kier alpha value is -0.520. The molecule has 2 nitrogen and oxygen atoms in total. The standard InChI is InChI=1S/C8H7Cl2F3N2/c9-6-3-5(8(11,12)13)4(1-2-14)7(10)15-6/h3H,1-2,14H2. The fraction of sp³-hybridized carbons (Fsp3) is 0.375. The molecule has 0 unspecified atom stereocenters. The van der Waals surface area contributed by atoms with Gasteiger partial charge >= 0.3 is 6.18 Å². The summed E-state index contributed by atoms with van der Waals surface area (Å²) in [6.45, 7) is 0.0616. The quantitative estimate of drug-likeness (QED) is 0.829. The first-order chi connectivity index (χ1) is 6.86. The summed E-state index contributed by atoms with van der Waals surface area (Å²) in [5, 5.41) is -0.534. The van der Waals surface area contributed by atoms with Gasteiger partial charge in [-0.25, -0.2) is 4.98 Å². The summed E-state index contributed by atoms with van der Waals surface area (Å²) in [6, 6.07) is 0.748. The van der Waals surface area contributed by atoms with Crippen molar-refractivity contribution >= 4 is 23.2 Å². The van der Waals surface area contributed by atoms with Crippen molar-refractivity contribution in [3.8, 4) is 0 Å². The maximum atomic E-state index is 12.5. The van der Waals surface area contributed by atoms with Crippen LogP contribution in [0.25, 0.3) is 0 Å². The third-order valence-electron chi connectivity index (χ3n) is 1.74. The highest BCUT2D eigenvalue weighted by atomic mass is 35.5. The van der Waals surface area contributed by atoms with Crippen molar-refractivity contribution < 1.29 is 13.2 Å². The van der Waals surface area contributed by atoms with Gasteiger partial charge in [0.1, 0.15) is 10.3 Å². The fourth-order valence-corrected chi connectivity index (χ4v) is 1.67. The number of hydrogen-bond acceptors (Lipinski definition) is 2. The van der Waals surface area contributed by atoms with Gasteiger partial charge in [0.15, 0.2) is 0 Å². The van der Waals surface area contributed by atoms with E-state index in [-0.39, 0.29) is 28.8 Å². The zero-order valence-electron chi connectivity index (χ0n) is 7.41. The maximum Gasteiger partial charge on any atom is 0.416 e. The molecule has 0 aliphatic rings. The van der Waals surface area contributed by atoms with Crippen LogP contribution in [0.1, 0.15) is 11.1 Å². The lowest BCUT2D eigenvalue weighted by Gasteiger charge is -2.13. The first kappa shape index (κ1) is 12.5. The minimum Gasteiger partial charge on any atom is -0.330 e. The molecule has 0 aliphatic carbocycles. The molecular weight excluding hydrogens is 252 g/mol. The van der Waals surface area contributed by atoms with Crippen molar-refractivity contribution in [2.45, 2.75) is 12.6 Å². The van der Waals surface area contributed by atoms with E-state index in [2.05, 4.69) is 4.98 Å². The second kappa shape index (κ2) is 4.55. The molecule has 0 amide bonds. The normalized spacial score (nSPS) is 11.9. The Morgan fingerprint density at radius 2 is 1.93 bits per heavy atom. The number of nitrogens with two attached hydrogens (primary N) is 1. The van der Waals surface area contributed by atoms with E-state index in [0.717, 1.165) is 6.07 Å². The van der Waals surface area contributed by atoms with Crippen molar-refractivity contribution in [1.29, 1.82) is 0 Å². The average molecular weight is 259 g/mol. The van der Waals surface area contributed by atoms with Crippen LogP contribution >= 0.6 is 23.2 Å². The molecule has 0 radical (unpaired) electrons. The SMILES string of the molecule is NCCc1c(C(F)(F)F)cc(Cl)nc1Cl. The number of halogens is 5. The molecule has 1 aromatic heterocycles. The number of rotatable bonds is 2. The average Bonchev–Trinajstić information content (AvgIpc) is 2.07. The van der Waals surface area contributed by atoms with E-state index in [4.69, 9.17) is 28.9 Å². The summed E-state index contributed by atoms with van der Waals surface area (Å²) in [6.07, 6.45) is -4.49. The molecule has 1 rings (SSSR count). The van der Waals surface area contributed by atoms with Gasteiger partial charge in [-0.3, -0.25) is 0 Å². The molecule has 84 valence electrons. The molecule has 15 heavy (non-hydrogen) atoms. The number of hydrogen-bond donors (Lipinski definition) is 1. The summed E-state index contributed by atoms with van der Waals surface area (Å²) in [5.74, 6) is 0. The van der Waals surface area contributed by atoms with Crippen molar-refractivity contribution in [2.75, 3.05) is 6.54 Å². The Morgan fingerprint density at radius 1 is 1.33 bits per heavy atom. The smallest absolute Gasteiger partial charge is 0.330 e. The maximum absolute atomic E-state index is 12.5. The molecule has 0 aromatic carbocycles. The molecule has 0 bridgehead atoms. The Kier molecular flexibility index (Phi) is 3.81. The van der Waals surface area contributed by atoms with Crippen LogP contribution in [-0.4, -0.2) is 11.5 Å². The van der Waals surface area contributed by atoms with Crippen LogP contribution in [0, 0.1) is 0 Å². The summed E-state index contributed by atoms with van der Waals surface area (Å²) in [4.78, 5) is 3.54. The molecule has 0 saturated heterocycles. The molecule has 1 heterocycles. The number of alkyl halides is 3. The predicted molar refractivity (Wildman–Crippen MR) is 52.0 cm³/mol. The zero-order chi connectivity index (χ0) is 11.6. The molecule has 2 N–H and O–H groups in total. The fourth-order valence-electron chi connectivity index (χ4n) is 1.15. The lowest BCUT2D eigenvalue weighted by molar-refractivity contribution is -0.138. The van der Waals surface area contributed by atoms with Gasteiger partial charge in [-0.1, -0.05) is 23.2 Å². The Labute approximate surface area is 94.2 Å². The molecule has 0 atom stereocenters. The van der Waals surface area contributed by atoms with Gasteiger partial charge in [0.05, 0.1) is 5.56 Å². The molecular formula is C8H7Cl2F3N2. The molecule has 0 fully saturated rings. The van der Waals surface area contributed by atoms with Crippen LogP contribution in [0.5, 0.6) is 0 Å². The molecule has 0 aliphatic heterocycles. The van der Waals surface area contributed by atoms with E-state index < -0.39 is 11.7 Å². The van der Waals surface area contributed by atoms with Gasteiger partial charge in [-0.05, 0) is 19.0 Å². The highest BCUT2D eigenvalue weighted by Crippen LogP contribution is 2.35. The Bertz CT molecular complexity index is 366. The minimum atomic E-state index is -4.50. The summed E-state index contributed by atoms with van der Waals surface area (Å²) >= 11 is 11.0. The molecule has 1 aromatic rings. The van der Waals surface area contributed by atoms with Crippen LogP contribution < -0.4 is 5.73 Å². The Morgan fingerprint density at radius 3 is 2.40 bits per heavy atom. The highest BCUT2D eigenvalue weighted by molar-refractivity contribution is 6.33. The lowest BCUT2D eigenvalue weighted by atomic mass is 10.1. The van der Waals surface area contributed by atoms with E-state index in [0.29, 0.717) is 0 Å². The van der Waals surface area contributed by atoms with Crippen LogP contribution in [0.15, 0.2) is 6.07 Å². The third-order valence-corrected chi connectivity index (χ3v) is 2.25. The largest absolute Gasteiger partial charge is 0.416 e. The van der Waals surface area contributed by atoms with Crippen molar-refractivity contribution in [1.82, 2.24) is 4.98 Å². The summed E-state index contributed by atoms with van der Waals surface area (Å²) < 4.78 is 37.6. The molecule has 0 spiro atoms. The second-order valence-corrected chi connectivity index (χ2v) is 3.54. The monoisotopic (exact) mass is 258 g/mol. The zero-order valence-corrected chi connectivity index (χ0v) is 8.92. The lowest BCUT2D eigenvalue weighted by Crippen LogP contribution is -2.14. The summed E-state index contributed by atoms with van der Waals surface area (Å²) in [7, 11) is 0. The van der Waals surface area contributed by atoms with Gasteiger partial charge in [-0.2, -0.15) is 13.2 Å². The minimum absolute atomic E-state index is 0.0118. The van der Waals surface area contributed by atoms with E-state index in [1.54, 1.807) is 0 Å².